The van der Waals surface area contributed by atoms with Gasteiger partial charge in [0.1, 0.15) is 0 Å². The number of amides is 1. The number of aryl methyl sites for hydroxylation is 2. The molecule has 0 fully saturated rings. The van der Waals surface area contributed by atoms with Crippen molar-refractivity contribution in [2.24, 2.45) is 0 Å². The van der Waals surface area contributed by atoms with Crippen LogP contribution < -0.4 is 5.32 Å². The first-order valence-corrected chi connectivity index (χ1v) is 7.78. The van der Waals surface area contributed by atoms with E-state index in [1.807, 2.05) is 13.0 Å². The molecule has 0 saturated carbocycles. The molecule has 0 aliphatic heterocycles. The van der Waals surface area contributed by atoms with Crippen LogP contribution in [0.1, 0.15) is 17.9 Å². The maximum atomic E-state index is 12.1. The van der Waals surface area contributed by atoms with Crippen molar-refractivity contribution in [3.63, 3.8) is 0 Å². The summed E-state index contributed by atoms with van der Waals surface area (Å²) in [6, 6.07) is 8.96. The predicted molar refractivity (Wildman–Crippen MR) is 90.7 cm³/mol. The van der Waals surface area contributed by atoms with Gasteiger partial charge >= 0.3 is 0 Å². The maximum absolute atomic E-state index is 12.1. The van der Waals surface area contributed by atoms with Gasteiger partial charge in [0.25, 0.3) is 0 Å². The first-order valence-electron chi connectivity index (χ1n) is 7.41. The average Bonchev–Trinajstić information content (AvgIpc) is 3.06. The number of rotatable bonds is 5. The number of aromatic nitrogens is 3. The molecule has 0 bridgehead atoms. The normalized spacial score (nSPS) is 10.6. The highest BCUT2D eigenvalue weighted by Crippen LogP contribution is 2.20. The number of carbonyl (C=O) groups excluding carboxylic acids is 1. The number of benzene rings is 1. The molecular formula is C17H15ClN4O2. The van der Waals surface area contributed by atoms with Crippen LogP contribution in [0.25, 0.3) is 11.4 Å². The topological polar surface area (TPSA) is 80.9 Å². The third-order valence-corrected chi connectivity index (χ3v) is 3.68. The first-order chi connectivity index (χ1) is 11.6. The van der Waals surface area contributed by atoms with Gasteiger partial charge in [-0.2, -0.15) is 4.98 Å². The highest BCUT2D eigenvalue weighted by molar-refractivity contribution is 6.31. The standard InChI is InChI=1S/C17H15ClN4O2/c1-11-2-3-13(18)10-14(11)20-15(23)4-5-16-21-17(22-24-16)12-6-8-19-9-7-12/h2-3,6-10H,4-5H2,1H3,(H,20,23). The number of hydrogen-bond acceptors (Lipinski definition) is 5. The largest absolute Gasteiger partial charge is 0.339 e. The van der Waals surface area contributed by atoms with Crippen LogP contribution in [-0.2, 0) is 11.2 Å². The number of anilines is 1. The number of halogens is 1. The zero-order chi connectivity index (χ0) is 16.9. The Hall–Kier alpha value is -2.73. The van der Waals surface area contributed by atoms with Crippen molar-refractivity contribution in [2.75, 3.05) is 5.32 Å². The number of pyridine rings is 1. The average molecular weight is 343 g/mol. The Morgan fingerprint density at radius 3 is 2.83 bits per heavy atom. The van der Waals surface area contributed by atoms with Crippen LogP contribution in [-0.4, -0.2) is 21.0 Å². The second kappa shape index (κ2) is 7.23. The highest BCUT2D eigenvalue weighted by Gasteiger charge is 2.11. The molecule has 1 amide bonds. The Labute approximate surface area is 143 Å². The lowest BCUT2D eigenvalue weighted by atomic mass is 10.2. The van der Waals surface area contributed by atoms with Gasteiger partial charge in [0.15, 0.2) is 0 Å². The summed E-state index contributed by atoms with van der Waals surface area (Å²) >= 11 is 5.95. The number of nitrogens with one attached hydrogen (secondary N) is 1. The zero-order valence-corrected chi connectivity index (χ0v) is 13.7. The molecule has 1 N–H and O–H groups in total. The third-order valence-electron chi connectivity index (χ3n) is 3.45. The van der Waals surface area contributed by atoms with E-state index in [0.29, 0.717) is 28.8 Å². The summed E-state index contributed by atoms with van der Waals surface area (Å²) in [4.78, 5) is 20.3. The Morgan fingerprint density at radius 1 is 1.25 bits per heavy atom. The van der Waals surface area contributed by atoms with Gasteiger partial charge in [0, 0.05) is 41.5 Å². The van der Waals surface area contributed by atoms with E-state index in [1.165, 1.54) is 0 Å². The summed E-state index contributed by atoms with van der Waals surface area (Å²) in [6.07, 6.45) is 3.92. The van der Waals surface area contributed by atoms with Crippen molar-refractivity contribution in [3.8, 4) is 11.4 Å². The molecule has 0 aliphatic rings. The summed E-state index contributed by atoms with van der Waals surface area (Å²) < 4.78 is 5.18. The van der Waals surface area contributed by atoms with E-state index in [9.17, 15) is 4.79 Å². The van der Waals surface area contributed by atoms with Crippen molar-refractivity contribution >= 4 is 23.2 Å². The molecule has 3 aromatic rings. The summed E-state index contributed by atoms with van der Waals surface area (Å²) in [6.45, 7) is 1.91. The maximum Gasteiger partial charge on any atom is 0.227 e. The van der Waals surface area contributed by atoms with E-state index in [0.717, 1.165) is 11.1 Å². The molecule has 2 aromatic heterocycles. The SMILES string of the molecule is Cc1ccc(Cl)cc1NC(=O)CCc1nc(-c2ccncc2)no1. The molecule has 122 valence electrons. The van der Waals surface area contributed by atoms with Crippen LogP contribution >= 0.6 is 11.6 Å². The van der Waals surface area contributed by atoms with Crippen molar-refractivity contribution in [3.05, 3.63) is 59.2 Å². The molecule has 0 aliphatic carbocycles. The van der Waals surface area contributed by atoms with Crippen molar-refractivity contribution in [1.82, 2.24) is 15.1 Å². The molecule has 2 heterocycles. The van der Waals surface area contributed by atoms with Crippen LogP contribution in [0.4, 0.5) is 5.69 Å². The summed E-state index contributed by atoms with van der Waals surface area (Å²) in [5.74, 6) is 0.766. The van der Waals surface area contributed by atoms with E-state index in [4.69, 9.17) is 16.1 Å². The first kappa shape index (κ1) is 16.1. The highest BCUT2D eigenvalue weighted by atomic mass is 35.5. The predicted octanol–water partition coefficient (Wildman–Crippen LogP) is 3.66. The zero-order valence-electron chi connectivity index (χ0n) is 13.0. The Balaban J connectivity index is 1.59. The van der Waals surface area contributed by atoms with Gasteiger partial charge in [-0.05, 0) is 36.8 Å². The number of carbonyl (C=O) groups is 1. The Morgan fingerprint density at radius 2 is 2.04 bits per heavy atom. The van der Waals surface area contributed by atoms with Crippen molar-refractivity contribution in [1.29, 1.82) is 0 Å². The molecular weight excluding hydrogens is 328 g/mol. The molecule has 0 unspecified atom stereocenters. The smallest absolute Gasteiger partial charge is 0.227 e. The molecule has 6 nitrogen and oxygen atoms in total. The summed E-state index contributed by atoms with van der Waals surface area (Å²) in [5, 5.41) is 7.33. The summed E-state index contributed by atoms with van der Waals surface area (Å²) in [7, 11) is 0. The lowest BCUT2D eigenvalue weighted by molar-refractivity contribution is -0.116. The van der Waals surface area contributed by atoms with E-state index in [2.05, 4.69) is 20.4 Å². The van der Waals surface area contributed by atoms with Crippen molar-refractivity contribution < 1.29 is 9.32 Å². The lowest BCUT2D eigenvalue weighted by Crippen LogP contribution is -2.13. The van der Waals surface area contributed by atoms with E-state index >= 15 is 0 Å². The molecule has 24 heavy (non-hydrogen) atoms. The lowest BCUT2D eigenvalue weighted by Gasteiger charge is -2.08. The van der Waals surface area contributed by atoms with Crippen LogP contribution in [0.15, 0.2) is 47.2 Å². The number of nitrogens with zero attached hydrogens (tertiary/aromatic N) is 3. The summed E-state index contributed by atoms with van der Waals surface area (Å²) in [5.41, 5.74) is 2.47. The van der Waals surface area contributed by atoms with Crippen LogP contribution in [0.2, 0.25) is 5.02 Å². The van der Waals surface area contributed by atoms with Crippen LogP contribution in [0.3, 0.4) is 0 Å². The molecule has 1 aromatic carbocycles. The van der Waals surface area contributed by atoms with E-state index < -0.39 is 0 Å². The van der Waals surface area contributed by atoms with Gasteiger partial charge < -0.3 is 9.84 Å². The minimum absolute atomic E-state index is 0.135. The fourth-order valence-electron chi connectivity index (χ4n) is 2.14. The van der Waals surface area contributed by atoms with E-state index in [1.54, 1.807) is 36.7 Å². The molecule has 0 atom stereocenters. The fraction of sp³-hybridized carbons (Fsp3) is 0.176. The second-order valence-electron chi connectivity index (χ2n) is 5.26. The molecule has 0 spiro atoms. The van der Waals surface area contributed by atoms with E-state index in [-0.39, 0.29) is 12.3 Å². The third kappa shape index (κ3) is 3.97. The van der Waals surface area contributed by atoms with Gasteiger partial charge in [-0.25, -0.2) is 0 Å². The Kier molecular flexibility index (Phi) is 4.86. The van der Waals surface area contributed by atoms with Crippen LogP contribution in [0.5, 0.6) is 0 Å². The van der Waals surface area contributed by atoms with Crippen LogP contribution in [0, 0.1) is 6.92 Å². The van der Waals surface area contributed by atoms with Gasteiger partial charge in [-0.3, -0.25) is 9.78 Å². The fourth-order valence-corrected chi connectivity index (χ4v) is 2.31. The van der Waals surface area contributed by atoms with Gasteiger partial charge in [-0.1, -0.05) is 22.8 Å². The minimum atomic E-state index is -0.135. The molecule has 0 radical (unpaired) electrons. The van der Waals surface area contributed by atoms with Gasteiger partial charge in [0.2, 0.25) is 17.6 Å². The van der Waals surface area contributed by atoms with Gasteiger partial charge in [-0.15, -0.1) is 0 Å². The Bertz CT molecular complexity index is 849. The minimum Gasteiger partial charge on any atom is -0.339 e. The monoisotopic (exact) mass is 342 g/mol. The second-order valence-corrected chi connectivity index (χ2v) is 5.69. The molecule has 3 rings (SSSR count). The van der Waals surface area contributed by atoms with Crippen molar-refractivity contribution in [2.45, 2.75) is 19.8 Å². The van der Waals surface area contributed by atoms with Gasteiger partial charge in [0.05, 0.1) is 0 Å². The number of hydrogen-bond donors (Lipinski definition) is 1. The molecule has 0 saturated heterocycles. The molecule has 7 heteroatoms. The quantitative estimate of drug-likeness (QED) is 0.765.